The highest BCUT2D eigenvalue weighted by atomic mass is 15.0. The molecule has 1 aliphatic rings. The van der Waals surface area contributed by atoms with Crippen molar-refractivity contribution in [2.75, 3.05) is 0 Å². The molecule has 0 N–H and O–H groups in total. The molecule has 2 heterocycles. The maximum atomic E-state index is 2.52. The third kappa shape index (κ3) is 4.41. The van der Waals surface area contributed by atoms with Crippen molar-refractivity contribution >= 4 is 75.9 Å². The predicted molar refractivity (Wildman–Crippen MR) is 251 cm³/mol. The Morgan fingerprint density at radius 3 is 1.39 bits per heavy atom. The highest BCUT2D eigenvalue weighted by Crippen LogP contribution is 2.52. The van der Waals surface area contributed by atoms with E-state index in [4.69, 9.17) is 0 Å². The zero-order chi connectivity index (χ0) is 39.0. The molecule has 276 valence electrons. The van der Waals surface area contributed by atoms with Crippen LogP contribution in [0.1, 0.15) is 25.0 Å². The molecular formula is C57H38N2. The molecule has 0 aliphatic heterocycles. The monoisotopic (exact) mass is 750 g/mol. The lowest BCUT2D eigenvalue weighted by Crippen LogP contribution is -2.14. The van der Waals surface area contributed by atoms with Crippen LogP contribution in [0.5, 0.6) is 0 Å². The molecule has 0 fully saturated rings. The third-order valence-corrected chi connectivity index (χ3v) is 13.5. The van der Waals surface area contributed by atoms with Gasteiger partial charge in [-0.3, -0.25) is 0 Å². The largest absolute Gasteiger partial charge is 0.309 e. The minimum absolute atomic E-state index is 0.110. The molecule has 2 nitrogen and oxygen atoms in total. The van der Waals surface area contributed by atoms with Crippen molar-refractivity contribution in [3.8, 4) is 33.6 Å². The van der Waals surface area contributed by atoms with E-state index in [2.05, 4.69) is 217 Å². The van der Waals surface area contributed by atoms with Gasteiger partial charge in [0.2, 0.25) is 0 Å². The van der Waals surface area contributed by atoms with Gasteiger partial charge in [0.25, 0.3) is 0 Å². The first-order valence-electron chi connectivity index (χ1n) is 20.7. The summed E-state index contributed by atoms with van der Waals surface area (Å²) < 4.78 is 4.90. The van der Waals surface area contributed by atoms with Crippen molar-refractivity contribution in [2.45, 2.75) is 19.3 Å². The van der Waals surface area contributed by atoms with Crippen LogP contribution in [0.4, 0.5) is 0 Å². The second kappa shape index (κ2) is 11.8. The first-order valence-corrected chi connectivity index (χ1v) is 20.7. The Morgan fingerprint density at radius 2 is 0.780 bits per heavy atom. The van der Waals surface area contributed by atoms with Gasteiger partial charge in [0.15, 0.2) is 0 Å². The molecule has 0 spiro atoms. The Kier molecular flexibility index (Phi) is 6.54. The minimum Gasteiger partial charge on any atom is -0.309 e. The number of hydrogen-bond acceptors (Lipinski definition) is 0. The zero-order valence-corrected chi connectivity index (χ0v) is 32.9. The average Bonchev–Trinajstić information content (AvgIpc) is 3.88. The quantitative estimate of drug-likeness (QED) is 0.159. The lowest BCUT2D eigenvalue weighted by molar-refractivity contribution is 0.661. The summed E-state index contributed by atoms with van der Waals surface area (Å²) >= 11 is 0. The summed E-state index contributed by atoms with van der Waals surface area (Å²) in [5.74, 6) is 0. The molecule has 1 aliphatic carbocycles. The predicted octanol–water partition coefficient (Wildman–Crippen LogP) is 15.3. The Labute approximate surface area is 341 Å². The number of benzene rings is 10. The van der Waals surface area contributed by atoms with Crippen LogP contribution in [-0.4, -0.2) is 9.13 Å². The minimum atomic E-state index is -0.110. The summed E-state index contributed by atoms with van der Waals surface area (Å²) in [6.07, 6.45) is 0. The zero-order valence-electron chi connectivity index (χ0n) is 32.9. The van der Waals surface area contributed by atoms with Crippen molar-refractivity contribution in [3.63, 3.8) is 0 Å². The number of hydrogen-bond donors (Lipinski definition) is 0. The van der Waals surface area contributed by atoms with Crippen molar-refractivity contribution in [2.24, 2.45) is 0 Å². The number of para-hydroxylation sites is 2. The summed E-state index contributed by atoms with van der Waals surface area (Å²) in [7, 11) is 0. The Bertz CT molecular complexity index is 3640. The first kappa shape index (κ1) is 32.6. The molecule has 0 atom stereocenters. The van der Waals surface area contributed by atoms with Gasteiger partial charge in [-0.15, -0.1) is 0 Å². The molecule has 0 bridgehead atoms. The molecule has 59 heavy (non-hydrogen) atoms. The molecule has 0 saturated carbocycles. The van der Waals surface area contributed by atoms with E-state index in [1.54, 1.807) is 0 Å². The summed E-state index contributed by atoms with van der Waals surface area (Å²) in [6.45, 7) is 4.76. The smallest absolute Gasteiger partial charge is 0.0547 e. The molecule has 0 amide bonds. The van der Waals surface area contributed by atoms with Crippen LogP contribution in [0.15, 0.2) is 194 Å². The van der Waals surface area contributed by atoms with Gasteiger partial charge < -0.3 is 9.13 Å². The van der Waals surface area contributed by atoms with E-state index in [0.29, 0.717) is 0 Å². The van der Waals surface area contributed by atoms with Gasteiger partial charge in [-0.25, -0.2) is 0 Å². The van der Waals surface area contributed by atoms with Gasteiger partial charge in [0, 0.05) is 43.7 Å². The van der Waals surface area contributed by atoms with Crippen molar-refractivity contribution < 1.29 is 0 Å². The van der Waals surface area contributed by atoms with Gasteiger partial charge in [0.05, 0.1) is 22.1 Å². The van der Waals surface area contributed by atoms with E-state index >= 15 is 0 Å². The van der Waals surface area contributed by atoms with E-state index in [1.165, 1.54) is 109 Å². The van der Waals surface area contributed by atoms with Gasteiger partial charge >= 0.3 is 0 Å². The van der Waals surface area contributed by atoms with Crippen LogP contribution in [-0.2, 0) is 5.41 Å². The lowest BCUT2D eigenvalue weighted by atomic mass is 9.82. The average molecular weight is 751 g/mol. The molecule has 2 aromatic heterocycles. The van der Waals surface area contributed by atoms with E-state index in [0.717, 1.165) is 11.4 Å². The summed E-state index contributed by atoms with van der Waals surface area (Å²) in [6, 6.07) is 72.3. The third-order valence-electron chi connectivity index (χ3n) is 13.5. The van der Waals surface area contributed by atoms with E-state index in [9.17, 15) is 0 Å². The molecule has 13 rings (SSSR count). The van der Waals surface area contributed by atoms with Gasteiger partial charge in [-0.05, 0) is 115 Å². The van der Waals surface area contributed by atoms with Crippen LogP contribution in [0.2, 0.25) is 0 Å². The summed E-state index contributed by atoms with van der Waals surface area (Å²) in [5, 5.41) is 13.0. The fraction of sp³-hybridized carbons (Fsp3) is 0.0526. The lowest BCUT2D eigenvalue weighted by Gasteiger charge is -2.21. The molecule has 0 unspecified atom stereocenters. The molecule has 10 aromatic carbocycles. The fourth-order valence-electron chi connectivity index (χ4n) is 10.8. The number of fused-ring (bicyclic) bond motifs is 16. The number of aromatic nitrogens is 2. The summed E-state index contributed by atoms with van der Waals surface area (Å²) in [4.78, 5) is 0. The molecule has 0 radical (unpaired) electrons. The van der Waals surface area contributed by atoms with Crippen LogP contribution in [0.3, 0.4) is 0 Å². The van der Waals surface area contributed by atoms with Crippen molar-refractivity contribution in [1.82, 2.24) is 9.13 Å². The standard InChI is InChI=1S/C57H38N2/c1-57(2)49-20-10-7-16-42(49)47-33-48-54(34-50(47)57)59(53-32-31-46-41-15-4-3-13-39(41)40-14-5-6-19-45(40)55(46)56(48)53)38-29-25-36(26-30-38)35-23-27-37(28-24-35)58-51-21-11-8-17-43(51)44-18-9-12-22-52(44)58/h3-34H,1-2H3. The van der Waals surface area contributed by atoms with E-state index in [-0.39, 0.29) is 5.41 Å². The fourth-order valence-corrected chi connectivity index (χ4v) is 10.8. The molecule has 2 heteroatoms. The van der Waals surface area contributed by atoms with Crippen molar-refractivity contribution in [3.05, 3.63) is 205 Å². The number of rotatable bonds is 3. The van der Waals surface area contributed by atoms with E-state index < -0.39 is 0 Å². The van der Waals surface area contributed by atoms with Crippen LogP contribution in [0, 0.1) is 0 Å². The Balaban J connectivity index is 1.02. The molecule has 12 aromatic rings. The van der Waals surface area contributed by atoms with E-state index in [1.807, 2.05) is 0 Å². The maximum Gasteiger partial charge on any atom is 0.0547 e. The normalized spacial score (nSPS) is 13.4. The van der Waals surface area contributed by atoms with Crippen LogP contribution >= 0.6 is 0 Å². The van der Waals surface area contributed by atoms with Gasteiger partial charge in [-0.1, -0.05) is 153 Å². The van der Waals surface area contributed by atoms with Crippen LogP contribution in [0.25, 0.3) is 110 Å². The van der Waals surface area contributed by atoms with Gasteiger partial charge in [-0.2, -0.15) is 0 Å². The topological polar surface area (TPSA) is 9.86 Å². The first-order chi connectivity index (χ1) is 29.0. The second-order valence-corrected chi connectivity index (χ2v) is 16.9. The Hall–Kier alpha value is -7.42. The van der Waals surface area contributed by atoms with Gasteiger partial charge in [0.1, 0.15) is 0 Å². The second-order valence-electron chi connectivity index (χ2n) is 16.9. The Morgan fingerprint density at radius 1 is 0.305 bits per heavy atom. The molecule has 0 saturated heterocycles. The molecular weight excluding hydrogens is 713 g/mol. The number of nitrogens with zero attached hydrogens (tertiary/aromatic N) is 2. The summed E-state index contributed by atoms with van der Waals surface area (Å²) in [5.41, 5.74) is 15.0. The SMILES string of the molecule is CC1(C)c2ccccc2-c2cc3c4c5c6ccccc6c6ccccc6c5ccc4n(-c4ccc(-c5ccc(-n6c7ccccc7c7ccccc76)cc5)cc4)c3cc21. The maximum absolute atomic E-state index is 2.52. The highest BCUT2D eigenvalue weighted by Gasteiger charge is 2.36. The highest BCUT2D eigenvalue weighted by molar-refractivity contribution is 6.35. The van der Waals surface area contributed by atoms with Crippen LogP contribution < -0.4 is 0 Å². The van der Waals surface area contributed by atoms with Crippen molar-refractivity contribution in [1.29, 1.82) is 0 Å².